The highest BCUT2D eigenvalue weighted by Crippen LogP contribution is 2.13. The fraction of sp³-hybridized carbons (Fsp3) is 0.294. The Hall–Kier alpha value is -2.36. The normalized spacial score (nSPS) is 11.0. The molecule has 0 aliphatic carbocycles. The number of carbonyl (C=O) groups is 2. The lowest BCUT2D eigenvalue weighted by atomic mass is 10.00. The van der Waals surface area contributed by atoms with Crippen LogP contribution in [0.4, 0.5) is 0 Å². The first-order valence-electron chi connectivity index (χ1n) is 6.79. The third kappa shape index (κ3) is 6.56. The Morgan fingerprint density at radius 2 is 1.67 bits per heavy atom. The van der Waals surface area contributed by atoms with E-state index < -0.39 is 0 Å². The number of rotatable bonds is 4. The van der Waals surface area contributed by atoms with Crippen molar-refractivity contribution in [2.75, 3.05) is 0 Å². The minimum atomic E-state index is -0.0244. The number of aromatic nitrogens is 2. The fourth-order valence-electron chi connectivity index (χ4n) is 1.66. The highest BCUT2D eigenvalue weighted by molar-refractivity contribution is 5.82. The molecule has 0 saturated carbocycles. The monoisotopic (exact) mass is 284 g/mol. The molecule has 4 heteroatoms. The first-order valence-corrected chi connectivity index (χ1v) is 6.79. The minimum Gasteiger partial charge on any atom is -0.300 e. The van der Waals surface area contributed by atoms with Crippen molar-refractivity contribution in [3.8, 4) is 0 Å². The Kier molecular flexibility index (Phi) is 6.95. The zero-order valence-electron chi connectivity index (χ0n) is 12.6. The molecule has 0 N–H and O–H groups in total. The van der Waals surface area contributed by atoms with E-state index in [0.717, 1.165) is 11.1 Å². The Morgan fingerprint density at radius 3 is 2.10 bits per heavy atom. The van der Waals surface area contributed by atoms with Gasteiger partial charge in [-0.3, -0.25) is 19.6 Å². The predicted molar refractivity (Wildman–Crippen MR) is 82.0 cm³/mol. The van der Waals surface area contributed by atoms with Gasteiger partial charge in [0.25, 0.3) is 0 Å². The van der Waals surface area contributed by atoms with Gasteiger partial charge in [0, 0.05) is 37.1 Å². The summed E-state index contributed by atoms with van der Waals surface area (Å²) < 4.78 is 0. The molecule has 0 bridgehead atoms. The molecule has 0 fully saturated rings. The van der Waals surface area contributed by atoms with E-state index in [0.29, 0.717) is 6.42 Å². The van der Waals surface area contributed by atoms with Crippen molar-refractivity contribution in [3.63, 3.8) is 0 Å². The average Bonchev–Trinajstić information content (AvgIpc) is 2.48. The van der Waals surface area contributed by atoms with Gasteiger partial charge in [-0.25, -0.2) is 0 Å². The lowest BCUT2D eigenvalue weighted by Gasteiger charge is -2.05. The summed E-state index contributed by atoms with van der Waals surface area (Å²) in [6.45, 7) is 5.06. The molecule has 21 heavy (non-hydrogen) atoms. The van der Waals surface area contributed by atoms with Gasteiger partial charge in [0.15, 0.2) is 0 Å². The number of hydrogen-bond acceptors (Lipinski definition) is 4. The largest absolute Gasteiger partial charge is 0.300 e. The van der Waals surface area contributed by atoms with Crippen LogP contribution in [0.25, 0.3) is 0 Å². The van der Waals surface area contributed by atoms with E-state index in [9.17, 15) is 9.59 Å². The lowest BCUT2D eigenvalue weighted by Crippen LogP contribution is -2.03. The maximum absolute atomic E-state index is 10.9. The maximum Gasteiger partial charge on any atom is 0.137 e. The van der Waals surface area contributed by atoms with Crippen LogP contribution in [-0.4, -0.2) is 21.5 Å². The summed E-state index contributed by atoms with van der Waals surface area (Å²) in [5.74, 6) is 0.328. The van der Waals surface area contributed by atoms with Crippen molar-refractivity contribution in [3.05, 3.63) is 60.2 Å². The second-order valence-electron chi connectivity index (χ2n) is 4.86. The average molecular weight is 284 g/mol. The standard InChI is InChI=1S/C9H11NO.C8H9NO/c1-7(8(2)11)9-4-3-5-10-6-9;1-7(10)5-8-3-2-4-9-6-8/h3-7H,1-2H3;2-4,6H,5H2,1H3. The van der Waals surface area contributed by atoms with Gasteiger partial charge in [-0.15, -0.1) is 0 Å². The number of Topliss-reactive ketones (excluding diaryl/α,β-unsaturated/α-hetero) is 2. The summed E-state index contributed by atoms with van der Waals surface area (Å²) in [7, 11) is 0. The third-order valence-corrected chi connectivity index (χ3v) is 2.97. The predicted octanol–water partition coefficient (Wildman–Crippen LogP) is 2.99. The van der Waals surface area contributed by atoms with Crippen molar-refractivity contribution in [2.45, 2.75) is 33.1 Å². The Balaban J connectivity index is 0.000000211. The highest BCUT2D eigenvalue weighted by Gasteiger charge is 2.08. The molecule has 0 saturated heterocycles. The van der Waals surface area contributed by atoms with Crippen molar-refractivity contribution in [1.29, 1.82) is 0 Å². The number of carbonyl (C=O) groups excluding carboxylic acids is 2. The maximum atomic E-state index is 10.9. The van der Waals surface area contributed by atoms with Crippen LogP contribution >= 0.6 is 0 Å². The zero-order chi connectivity index (χ0) is 15.7. The number of nitrogens with zero attached hydrogens (tertiary/aromatic N) is 2. The van der Waals surface area contributed by atoms with Gasteiger partial charge < -0.3 is 0 Å². The molecular formula is C17H20N2O2. The Morgan fingerprint density at radius 1 is 1.05 bits per heavy atom. The van der Waals surface area contributed by atoms with E-state index in [2.05, 4.69) is 9.97 Å². The SMILES string of the molecule is CC(=O)C(C)c1cccnc1.CC(=O)Cc1cccnc1. The first-order chi connectivity index (χ1) is 10.0. The summed E-state index contributed by atoms with van der Waals surface area (Å²) >= 11 is 0. The highest BCUT2D eigenvalue weighted by atomic mass is 16.1. The van der Waals surface area contributed by atoms with Gasteiger partial charge in [0.05, 0.1) is 0 Å². The molecule has 2 aromatic rings. The first kappa shape index (κ1) is 16.7. The summed E-state index contributed by atoms with van der Waals surface area (Å²) in [5, 5.41) is 0. The Labute approximate surface area is 125 Å². The van der Waals surface area contributed by atoms with Crippen molar-refractivity contribution in [2.24, 2.45) is 0 Å². The van der Waals surface area contributed by atoms with Crippen LogP contribution in [0.3, 0.4) is 0 Å². The quantitative estimate of drug-likeness (QED) is 0.866. The van der Waals surface area contributed by atoms with Crippen LogP contribution in [0.5, 0.6) is 0 Å². The van der Waals surface area contributed by atoms with Gasteiger partial charge in [-0.2, -0.15) is 0 Å². The molecule has 2 aromatic heterocycles. The van der Waals surface area contributed by atoms with E-state index in [-0.39, 0.29) is 17.5 Å². The van der Waals surface area contributed by atoms with Gasteiger partial charge in [-0.05, 0) is 37.1 Å². The second-order valence-corrected chi connectivity index (χ2v) is 4.86. The summed E-state index contributed by atoms with van der Waals surface area (Å²) in [4.78, 5) is 29.3. The second kappa shape index (κ2) is 8.74. The molecule has 0 aromatic carbocycles. The van der Waals surface area contributed by atoms with E-state index in [4.69, 9.17) is 0 Å². The van der Waals surface area contributed by atoms with Crippen molar-refractivity contribution in [1.82, 2.24) is 9.97 Å². The van der Waals surface area contributed by atoms with Crippen molar-refractivity contribution >= 4 is 11.6 Å². The molecule has 0 aliphatic heterocycles. The summed E-state index contributed by atoms with van der Waals surface area (Å²) in [6, 6.07) is 7.49. The van der Waals surface area contributed by atoms with E-state index >= 15 is 0 Å². The minimum absolute atomic E-state index is 0.0244. The molecule has 1 unspecified atom stereocenters. The van der Waals surface area contributed by atoms with Crippen LogP contribution < -0.4 is 0 Å². The van der Waals surface area contributed by atoms with E-state index in [1.54, 1.807) is 38.6 Å². The number of pyridine rings is 2. The molecule has 110 valence electrons. The summed E-state index contributed by atoms with van der Waals surface area (Å²) in [6.07, 6.45) is 7.33. The molecule has 0 spiro atoms. The van der Waals surface area contributed by atoms with Gasteiger partial charge >= 0.3 is 0 Å². The van der Waals surface area contributed by atoms with E-state index in [1.165, 1.54) is 0 Å². The summed E-state index contributed by atoms with van der Waals surface area (Å²) in [5.41, 5.74) is 1.97. The van der Waals surface area contributed by atoms with Crippen LogP contribution in [0, 0.1) is 0 Å². The lowest BCUT2D eigenvalue weighted by molar-refractivity contribution is -0.118. The molecular weight excluding hydrogens is 264 g/mol. The molecule has 0 amide bonds. The zero-order valence-corrected chi connectivity index (χ0v) is 12.6. The molecule has 2 rings (SSSR count). The van der Waals surface area contributed by atoms with Crippen molar-refractivity contribution < 1.29 is 9.59 Å². The van der Waals surface area contributed by atoms with E-state index in [1.807, 2.05) is 31.2 Å². The van der Waals surface area contributed by atoms with Crippen LogP contribution in [0.1, 0.15) is 37.8 Å². The molecule has 0 aliphatic rings. The number of ketones is 2. The molecule has 4 nitrogen and oxygen atoms in total. The van der Waals surface area contributed by atoms with Crippen LogP contribution in [-0.2, 0) is 16.0 Å². The molecule has 0 radical (unpaired) electrons. The Bertz CT molecular complexity index is 568. The topological polar surface area (TPSA) is 59.9 Å². The molecule has 2 heterocycles. The van der Waals surface area contributed by atoms with Gasteiger partial charge in [-0.1, -0.05) is 19.1 Å². The smallest absolute Gasteiger partial charge is 0.137 e. The van der Waals surface area contributed by atoms with Gasteiger partial charge in [0.2, 0.25) is 0 Å². The van der Waals surface area contributed by atoms with Gasteiger partial charge in [0.1, 0.15) is 11.6 Å². The fourth-order valence-corrected chi connectivity index (χ4v) is 1.66. The third-order valence-electron chi connectivity index (χ3n) is 2.97. The number of hydrogen-bond donors (Lipinski definition) is 0. The molecule has 1 atom stereocenters. The van der Waals surface area contributed by atoms with Crippen LogP contribution in [0.15, 0.2) is 49.1 Å². The van der Waals surface area contributed by atoms with Crippen LogP contribution in [0.2, 0.25) is 0 Å².